The van der Waals surface area contributed by atoms with E-state index in [9.17, 15) is 4.79 Å². The molecule has 0 unspecified atom stereocenters. The molecule has 0 bridgehead atoms. The minimum absolute atomic E-state index is 0.0967. The smallest absolute Gasteiger partial charge is 0.250 e. The molecular formula is C21H21ClN6O2. The van der Waals surface area contributed by atoms with E-state index in [2.05, 4.69) is 15.4 Å². The number of rotatable bonds is 6. The Kier molecular flexibility index (Phi) is 5.41. The summed E-state index contributed by atoms with van der Waals surface area (Å²) in [4.78, 5) is 14.0. The predicted octanol–water partition coefficient (Wildman–Crippen LogP) is 3.52. The van der Waals surface area contributed by atoms with Gasteiger partial charge in [0.25, 0.3) is 5.56 Å². The van der Waals surface area contributed by atoms with Crippen LogP contribution in [0, 0.1) is 0 Å². The van der Waals surface area contributed by atoms with Gasteiger partial charge in [0.05, 0.1) is 6.54 Å². The molecule has 0 N–H and O–H groups in total. The maximum absolute atomic E-state index is 12.0. The first-order valence-corrected chi connectivity index (χ1v) is 9.87. The van der Waals surface area contributed by atoms with E-state index < -0.39 is 0 Å². The number of aryl methyl sites for hydroxylation is 1. The minimum atomic E-state index is -0.0967. The molecule has 0 aliphatic rings. The van der Waals surface area contributed by atoms with Crippen LogP contribution < -0.4 is 10.5 Å². The summed E-state index contributed by atoms with van der Waals surface area (Å²) in [5.74, 6) is 1.96. The Bertz CT molecular complexity index is 1240. The van der Waals surface area contributed by atoms with E-state index in [4.69, 9.17) is 16.1 Å². The molecule has 0 atom stereocenters. The Hall–Kier alpha value is -3.39. The topological polar surface area (TPSA) is 82.0 Å². The lowest BCUT2D eigenvalue weighted by Crippen LogP contribution is -2.25. The number of nitrogens with zero attached hydrogens (tertiary/aromatic N) is 6. The third-order valence-corrected chi connectivity index (χ3v) is 5.13. The van der Waals surface area contributed by atoms with Gasteiger partial charge in [-0.2, -0.15) is 0 Å². The molecule has 4 rings (SSSR count). The zero-order valence-corrected chi connectivity index (χ0v) is 17.7. The maximum Gasteiger partial charge on any atom is 0.250 e. The van der Waals surface area contributed by atoms with Crippen molar-refractivity contribution in [2.24, 2.45) is 14.1 Å². The standard InChI is InChI=1S/C21H21ClN6O2/c1-4-28(13-17-12-18(30-25-17)14-6-5-7-16(22)10-14)21-24-23-20(27(21)3)15-8-9-26(2)19(29)11-15/h5-12H,4,13H2,1-3H3. The summed E-state index contributed by atoms with van der Waals surface area (Å²) in [6, 6.07) is 12.7. The van der Waals surface area contributed by atoms with Crippen molar-refractivity contribution in [2.45, 2.75) is 13.5 Å². The second-order valence-electron chi connectivity index (χ2n) is 6.95. The summed E-state index contributed by atoms with van der Waals surface area (Å²) in [6.45, 7) is 3.23. The van der Waals surface area contributed by atoms with E-state index in [0.29, 0.717) is 35.6 Å². The number of hydrogen-bond donors (Lipinski definition) is 0. The largest absolute Gasteiger partial charge is 0.356 e. The molecule has 0 spiro atoms. The molecule has 1 aromatic carbocycles. The van der Waals surface area contributed by atoms with Crippen molar-refractivity contribution >= 4 is 17.5 Å². The van der Waals surface area contributed by atoms with Gasteiger partial charge in [0.15, 0.2) is 11.6 Å². The summed E-state index contributed by atoms with van der Waals surface area (Å²) in [5.41, 5.74) is 2.27. The van der Waals surface area contributed by atoms with E-state index in [1.54, 1.807) is 19.3 Å². The van der Waals surface area contributed by atoms with Crippen molar-refractivity contribution in [2.75, 3.05) is 11.4 Å². The van der Waals surface area contributed by atoms with Crippen LogP contribution in [0.25, 0.3) is 22.7 Å². The summed E-state index contributed by atoms with van der Waals surface area (Å²) >= 11 is 6.07. The van der Waals surface area contributed by atoms with Gasteiger partial charge in [-0.05, 0) is 25.1 Å². The number of pyridine rings is 1. The van der Waals surface area contributed by atoms with Crippen LogP contribution in [0.15, 0.2) is 58.0 Å². The van der Waals surface area contributed by atoms with Crippen LogP contribution in [0.2, 0.25) is 5.02 Å². The molecule has 0 aliphatic carbocycles. The van der Waals surface area contributed by atoms with Gasteiger partial charge < -0.3 is 14.0 Å². The average Bonchev–Trinajstić information content (AvgIpc) is 3.35. The van der Waals surface area contributed by atoms with Crippen molar-refractivity contribution in [3.63, 3.8) is 0 Å². The van der Waals surface area contributed by atoms with Gasteiger partial charge >= 0.3 is 0 Å². The van der Waals surface area contributed by atoms with Crippen LogP contribution in [-0.4, -0.2) is 31.0 Å². The normalized spacial score (nSPS) is 11.1. The molecule has 9 heteroatoms. The zero-order chi connectivity index (χ0) is 21.3. The monoisotopic (exact) mass is 424 g/mol. The molecule has 0 aliphatic heterocycles. The molecule has 4 aromatic rings. The first-order valence-electron chi connectivity index (χ1n) is 9.49. The Morgan fingerprint density at radius 1 is 1.10 bits per heavy atom. The molecule has 154 valence electrons. The van der Waals surface area contributed by atoms with Gasteiger partial charge in [0.1, 0.15) is 5.69 Å². The second-order valence-corrected chi connectivity index (χ2v) is 7.39. The Labute approximate surface area is 178 Å². The van der Waals surface area contributed by atoms with Gasteiger partial charge in [0.2, 0.25) is 5.95 Å². The Morgan fingerprint density at radius 3 is 2.67 bits per heavy atom. The second kappa shape index (κ2) is 8.16. The van der Waals surface area contributed by atoms with Crippen molar-refractivity contribution in [1.82, 2.24) is 24.5 Å². The van der Waals surface area contributed by atoms with Crippen LogP contribution in [0.3, 0.4) is 0 Å². The third-order valence-electron chi connectivity index (χ3n) is 4.90. The van der Waals surface area contributed by atoms with Gasteiger partial charge in [0, 0.05) is 55.1 Å². The molecule has 0 saturated heterocycles. The number of hydrogen-bond acceptors (Lipinski definition) is 6. The maximum atomic E-state index is 12.0. The van der Waals surface area contributed by atoms with Crippen LogP contribution in [0.5, 0.6) is 0 Å². The highest BCUT2D eigenvalue weighted by molar-refractivity contribution is 6.30. The van der Waals surface area contributed by atoms with Gasteiger partial charge in [-0.15, -0.1) is 10.2 Å². The fourth-order valence-corrected chi connectivity index (χ4v) is 3.41. The van der Waals surface area contributed by atoms with Crippen molar-refractivity contribution in [3.05, 3.63) is 69.7 Å². The van der Waals surface area contributed by atoms with Crippen LogP contribution >= 0.6 is 11.6 Å². The van der Waals surface area contributed by atoms with Gasteiger partial charge in [-0.25, -0.2) is 0 Å². The summed E-state index contributed by atoms with van der Waals surface area (Å²) in [6.07, 6.45) is 1.72. The number of aromatic nitrogens is 5. The molecular weight excluding hydrogens is 404 g/mol. The van der Waals surface area contributed by atoms with Crippen LogP contribution in [0.1, 0.15) is 12.6 Å². The summed E-state index contributed by atoms with van der Waals surface area (Å²) in [7, 11) is 3.59. The lowest BCUT2D eigenvalue weighted by atomic mass is 10.1. The highest BCUT2D eigenvalue weighted by Crippen LogP contribution is 2.25. The van der Waals surface area contributed by atoms with Crippen molar-refractivity contribution < 1.29 is 4.52 Å². The van der Waals surface area contributed by atoms with E-state index in [0.717, 1.165) is 16.8 Å². The first kappa shape index (κ1) is 19.9. The van der Waals surface area contributed by atoms with E-state index in [-0.39, 0.29) is 5.56 Å². The molecule has 0 radical (unpaired) electrons. The van der Waals surface area contributed by atoms with Crippen molar-refractivity contribution in [1.29, 1.82) is 0 Å². The highest BCUT2D eigenvalue weighted by atomic mass is 35.5. The third kappa shape index (κ3) is 3.86. The Balaban J connectivity index is 1.59. The summed E-state index contributed by atoms with van der Waals surface area (Å²) in [5, 5.41) is 13.5. The molecule has 3 aromatic heterocycles. The van der Waals surface area contributed by atoms with E-state index in [1.165, 1.54) is 4.57 Å². The van der Waals surface area contributed by atoms with Gasteiger partial charge in [-0.1, -0.05) is 28.9 Å². The molecule has 3 heterocycles. The highest BCUT2D eigenvalue weighted by Gasteiger charge is 2.18. The lowest BCUT2D eigenvalue weighted by Gasteiger charge is -2.20. The van der Waals surface area contributed by atoms with Crippen LogP contribution in [-0.2, 0) is 20.6 Å². The van der Waals surface area contributed by atoms with Crippen LogP contribution in [0.4, 0.5) is 5.95 Å². The average molecular weight is 425 g/mol. The lowest BCUT2D eigenvalue weighted by molar-refractivity contribution is 0.422. The van der Waals surface area contributed by atoms with Gasteiger partial charge in [-0.3, -0.25) is 9.36 Å². The quantitative estimate of drug-likeness (QED) is 0.471. The fourth-order valence-electron chi connectivity index (χ4n) is 3.22. The molecule has 0 saturated carbocycles. The SMILES string of the molecule is CCN(Cc1cc(-c2cccc(Cl)c2)on1)c1nnc(-c2ccn(C)c(=O)c2)n1C. The first-order chi connectivity index (χ1) is 14.5. The predicted molar refractivity (Wildman–Crippen MR) is 115 cm³/mol. The van der Waals surface area contributed by atoms with E-state index >= 15 is 0 Å². The fraction of sp³-hybridized carbons (Fsp3) is 0.238. The molecule has 0 amide bonds. The summed E-state index contributed by atoms with van der Waals surface area (Å²) < 4.78 is 8.89. The van der Waals surface area contributed by atoms with Crippen molar-refractivity contribution in [3.8, 4) is 22.7 Å². The Morgan fingerprint density at radius 2 is 1.93 bits per heavy atom. The molecule has 0 fully saturated rings. The zero-order valence-electron chi connectivity index (χ0n) is 16.9. The minimum Gasteiger partial charge on any atom is -0.356 e. The number of benzene rings is 1. The number of anilines is 1. The van der Waals surface area contributed by atoms with E-state index in [1.807, 2.05) is 59.8 Å². The number of halogens is 1. The molecule has 30 heavy (non-hydrogen) atoms. The molecule has 8 nitrogen and oxygen atoms in total.